The summed E-state index contributed by atoms with van der Waals surface area (Å²) in [6, 6.07) is 16.7. The van der Waals surface area contributed by atoms with Gasteiger partial charge in [-0.3, -0.25) is 4.79 Å². The second kappa shape index (κ2) is 5.73. The van der Waals surface area contributed by atoms with E-state index in [0.717, 1.165) is 16.9 Å². The van der Waals surface area contributed by atoms with Crippen LogP contribution in [0.2, 0.25) is 0 Å². The summed E-state index contributed by atoms with van der Waals surface area (Å²) in [5.74, 6) is -0.152. The van der Waals surface area contributed by atoms with Crippen molar-refractivity contribution in [2.24, 2.45) is 0 Å². The Bertz CT molecular complexity index is 912. The fourth-order valence-corrected chi connectivity index (χ4v) is 3.30. The number of carbonyl (C=O) groups is 1. The molecular weight excluding hydrogens is 303 g/mol. The van der Waals surface area contributed by atoms with E-state index in [1.165, 1.54) is 6.07 Å². The SMILES string of the molecule is CC(=O)c1ccc(C2NCc3c(F)cccc3-n3cccc32)cc1. The third-order valence-electron chi connectivity index (χ3n) is 4.56. The van der Waals surface area contributed by atoms with Crippen molar-refractivity contribution in [2.75, 3.05) is 0 Å². The maximum atomic E-state index is 14.2. The monoisotopic (exact) mass is 320 g/mol. The number of benzene rings is 2. The molecule has 1 atom stereocenters. The van der Waals surface area contributed by atoms with E-state index in [-0.39, 0.29) is 17.6 Å². The van der Waals surface area contributed by atoms with Crippen LogP contribution in [0.25, 0.3) is 5.69 Å². The average molecular weight is 320 g/mol. The van der Waals surface area contributed by atoms with Gasteiger partial charge < -0.3 is 9.88 Å². The largest absolute Gasteiger partial charge is 0.319 e. The fourth-order valence-electron chi connectivity index (χ4n) is 3.30. The summed E-state index contributed by atoms with van der Waals surface area (Å²) in [6.45, 7) is 2.01. The van der Waals surface area contributed by atoms with Crippen molar-refractivity contribution >= 4 is 5.78 Å². The zero-order valence-corrected chi connectivity index (χ0v) is 13.3. The molecule has 24 heavy (non-hydrogen) atoms. The number of hydrogen-bond donors (Lipinski definition) is 1. The smallest absolute Gasteiger partial charge is 0.159 e. The Balaban J connectivity index is 1.80. The molecular formula is C20H17FN2O. The van der Waals surface area contributed by atoms with Gasteiger partial charge in [-0.1, -0.05) is 30.3 Å². The zero-order chi connectivity index (χ0) is 16.7. The second-order valence-corrected chi connectivity index (χ2v) is 6.03. The number of nitrogens with one attached hydrogen (secondary N) is 1. The normalized spacial score (nSPS) is 16.2. The van der Waals surface area contributed by atoms with E-state index in [1.807, 2.05) is 53.2 Å². The van der Waals surface area contributed by atoms with Crippen LogP contribution in [0.3, 0.4) is 0 Å². The lowest BCUT2D eigenvalue weighted by molar-refractivity contribution is 0.101. The quantitative estimate of drug-likeness (QED) is 0.724. The highest BCUT2D eigenvalue weighted by molar-refractivity contribution is 5.94. The van der Waals surface area contributed by atoms with Crippen molar-refractivity contribution < 1.29 is 9.18 Å². The Labute approximate surface area is 139 Å². The predicted molar refractivity (Wildman–Crippen MR) is 90.9 cm³/mol. The molecule has 0 aliphatic carbocycles. The van der Waals surface area contributed by atoms with E-state index in [9.17, 15) is 9.18 Å². The minimum Gasteiger partial charge on any atom is -0.319 e. The van der Waals surface area contributed by atoms with Crippen molar-refractivity contribution in [3.63, 3.8) is 0 Å². The number of Topliss-reactive ketones (excluding diaryl/α,β-unsaturated/α-hetero) is 1. The summed E-state index contributed by atoms with van der Waals surface area (Å²) < 4.78 is 16.3. The van der Waals surface area contributed by atoms with Gasteiger partial charge in [-0.15, -0.1) is 0 Å². The Morgan fingerprint density at radius 2 is 1.92 bits per heavy atom. The summed E-state index contributed by atoms with van der Waals surface area (Å²) in [4.78, 5) is 11.5. The molecule has 0 fully saturated rings. The van der Waals surface area contributed by atoms with Gasteiger partial charge in [-0.2, -0.15) is 0 Å². The van der Waals surface area contributed by atoms with Crippen molar-refractivity contribution in [1.29, 1.82) is 0 Å². The Morgan fingerprint density at radius 1 is 1.12 bits per heavy atom. The molecule has 0 bridgehead atoms. The van der Waals surface area contributed by atoms with Crippen LogP contribution >= 0.6 is 0 Å². The maximum Gasteiger partial charge on any atom is 0.159 e. The van der Waals surface area contributed by atoms with Crippen LogP contribution in [-0.2, 0) is 6.54 Å². The van der Waals surface area contributed by atoms with Crippen LogP contribution in [0.5, 0.6) is 0 Å². The molecule has 4 rings (SSSR count). The molecule has 0 spiro atoms. The number of rotatable bonds is 2. The molecule has 1 unspecified atom stereocenters. The molecule has 2 aromatic carbocycles. The van der Waals surface area contributed by atoms with Gasteiger partial charge >= 0.3 is 0 Å². The maximum absolute atomic E-state index is 14.2. The average Bonchev–Trinajstić information content (AvgIpc) is 3.00. The summed E-state index contributed by atoms with van der Waals surface area (Å²) in [6.07, 6.45) is 1.96. The van der Waals surface area contributed by atoms with Gasteiger partial charge in [0.2, 0.25) is 0 Å². The molecule has 3 nitrogen and oxygen atoms in total. The van der Waals surface area contributed by atoms with Gasteiger partial charge in [0.15, 0.2) is 5.78 Å². The van der Waals surface area contributed by atoms with Crippen molar-refractivity contribution in [3.8, 4) is 5.69 Å². The second-order valence-electron chi connectivity index (χ2n) is 6.03. The third kappa shape index (κ3) is 2.36. The van der Waals surface area contributed by atoms with Crippen LogP contribution in [0.4, 0.5) is 4.39 Å². The van der Waals surface area contributed by atoms with Crippen molar-refractivity contribution in [2.45, 2.75) is 19.5 Å². The Morgan fingerprint density at radius 3 is 2.67 bits per heavy atom. The topological polar surface area (TPSA) is 34.0 Å². The lowest BCUT2D eigenvalue weighted by Gasteiger charge is -2.18. The first kappa shape index (κ1) is 14.8. The van der Waals surface area contributed by atoms with Crippen molar-refractivity contribution in [3.05, 3.63) is 89.0 Å². The summed E-state index contributed by atoms with van der Waals surface area (Å²) >= 11 is 0. The standard InChI is InChI=1S/C20H17FN2O/c1-13(24)14-7-9-15(10-8-14)20-19-6-3-11-23(19)18-5-2-4-17(21)16(18)12-22-20/h2-11,20,22H,12H2,1H3. The van der Waals surface area contributed by atoms with Gasteiger partial charge in [-0.05, 0) is 36.8 Å². The molecule has 0 saturated carbocycles. The van der Waals surface area contributed by atoms with E-state index < -0.39 is 0 Å². The van der Waals surface area contributed by atoms with Gasteiger partial charge in [0.1, 0.15) is 5.82 Å². The van der Waals surface area contributed by atoms with Crippen LogP contribution < -0.4 is 5.32 Å². The van der Waals surface area contributed by atoms with Gasteiger partial charge in [0, 0.05) is 29.6 Å². The number of aromatic nitrogens is 1. The highest BCUT2D eigenvalue weighted by Crippen LogP contribution is 2.31. The minimum atomic E-state index is -0.202. The molecule has 4 heteroatoms. The number of nitrogens with zero attached hydrogens (tertiary/aromatic N) is 1. The number of halogens is 1. The molecule has 2 heterocycles. The van der Waals surface area contributed by atoms with Crippen molar-refractivity contribution in [1.82, 2.24) is 9.88 Å². The van der Waals surface area contributed by atoms with Crippen LogP contribution in [-0.4, -0.2) is 10.4 Å². The number of ketones is 1. The molecule has 0 radical (unpaired) electrons. The van der Waals surface area contributed by atoms with Gasteiger partial charge in [-0.25, -0.2) is 4.39 Å². The molecule has 3 aromatic rings. The van der Waals surface area contributed by atoms with Gasteiger partial charge in [0.25, 0.3) is 0 Å². The minimum absolute atomic E-state index is 0.0493. The lowest BCUT2D eigenvalue weighted by atomic mass is 10.0. The first-order chi connectivity index (χ1) is 11.6. The lowest BCUT2D eigenvalue weighted by Crippen LogP contribution is -2.21. The Kier molecular flexibility index (Phi) is 3.54. The van der Waals surface area contributed by atoms with Crippen LogP contribution in [0.1, 0.15) is 40.1 Å². The summed E-state index contributed by atoms with van der Waals surface area (Å²) in [7, 11) is 0. The molecule has 0 amide bonds. The Hall–Kier alpha value is -2.72. The fraction of sp³-hybridized carbons (Fsp3) is 0.150. The number of fused-ring (bicyclic) bond motifs is 3. The molecule has 120 valence electrons. The third-order valence-corrected chi connectivity index (χ3v) is 4.56. The highest BCUT2D eigenvalue weighted by atomic mass is 19.1. The summed E-state index contributed by atoms with van der Waals surface area (Å²) in [5, 5.41) is 3.44. The van der Waals surface area contributed by atoms with E-state index in [2.05, 4.69) is 5.32 Å². The molecule has 0 saturated heterocycles. The molecule has 1 aliphatic heterocycles. The highest BCUT2D eigenvalue weighted by Gasteiger charge is 2.24. The predicted octanol–water partition coefficient (Wildman–Crippen LogP) is 4.01. The zero-order valence-electron chi connectivity index (χ0n) is 13.3. The van der Waals surface area contributed by atoms with E-state index in [0.29, 0.717) is 17.7 Å². The molecule has 1 N–H and O–H groups in total. The number of hydrogen-bond acceptors (Lipinski definition) is 2. The molecule has 1 aliphatic rings. The molecule has 1 aromatic heterocycles. The first-order valence-corrected chi connectivity index (χ1v) is 7.94. The number of carbonyl (C=O) groups excluding carboxylic acids is 1. The first-order valence-electron chi connectivity index (χ1n) is 7.94. The van der Waals surface area contributed by atoms with E-state index >= 15 is 0 Å². The van der Waals surface area contributed by atoms with E-state index in [4.69, 9.17) is 0 Å². The summed E-state index contributed by atoms with van der Waals surface area (Å²) in [5.41, 5.74) is 4.32. The van der Waals surface area contributed by atoms with Gasteiger partial charge in [0.05, 0.1) is 11.7 Å². The van der Waals surface area contributed by atoms with E-state index in [1.54, 1.807) is 13.0 Å². The van der Waals surface area contributed by atoms with Crippen LogP contribution in [0.15, 0.2) is 60.8 Å². The van der Waals surface area contributed by atoms with Crippen LogP contribution in [0, 0.1) is 5.82 Å².